The van der Waals surface area contributed by atoms with Crippen LogP contribution in [0.1, 0.15) is 54.2 Å². The summed E-state index contributed by atoms with van der Waals surface area (Å²) in [5, 5.41) is 4.20. The molecule has 3 rings (SSSR count). The Hall–Kier alpha value is -1.94. The van der Waals surface area contributed by atoms with E-state index in [0.717, 1.165) is 53.7 Å². The summed E-state index contributed by atoms with van der Waals surface area (Å²) in [4.78, 5) is 20.0. The van der Waals surface area contributed by atoms with Crippen molar-refractivity contribution in [3.8, 4) is 0 Å². The average molecular weight is 339 g/mol. The van der Waals surface area contributed by atoms with Crippen molar-refractivity contribution in [3.63, 3.8) is 0 Å². The van der Waals surface area contributed by atoms with Gasteiger partial charge in [-0.1, -0.05) is 25.0 Å². The molecular formula is C21H29N3O. The highest BCUT2D eigenvalue weighted by molar-refractivity contribution is 6.06. The molecule has 2 aromatic rings. The van der Waals surface area contributed by atoms with Crippen LogP contribution in [0.15, 0.2) is 24.3 Å². The summed E-state index contributed by atoms with van der Waals surface area (Å²) in [5.74, 6) is 0.0353. The van der Waals surface area contributed by atoms with E-state index in [-0.39, 0.29) is 11.9 Å². The van der Waals surface area contributed by atoms with Crippen LogP contribution in [0.5, 0.6) is 0 Å². The molecule has 0 bridgehead atoms. The zero-order valence-electron chi connectivity index (χ0n) is 15.6. The number of nitrogens with zero attached hydrogens (tertiary/aromatic N) is 2. The molecule has 4 heteroatoms. The number of aryl methyl sites for hydroxylation is 2. The van der Waals surface area contributed by atoms with Crippen LogP contribution in [-0.4, -0.2) is 41.5 Å². The maximum atomic E-state index is 12.9. The summed E-state index contributed by atoms with van der Waals surface area (Å²) >= 11 is 0. The lowest BCUT2D eigenvalue weighted by Crippen LogP contribution is -2.44. The van der Waals surface area contributed by atoms with Crippen molar-refractivity contribution in [1.82, 2.24) is 15.2 Å². The largest absolute Gasteiger partial charge is 0.349 e. The number of piperidine rings is 1. The average Bonchev–Trinajstić information content (AvgIpc) is 2.60. The van der Waals surface area contributed by atoms with Gasteiger partial charge in [0.15, 0.2) is 0 Å². The Morgan fingerprint density at radius 1 is 1.24 bits per heavy atom. The van der Waals surface area contributed by atoms with Crippen molar-refractivity contribution in [2.24, 2.45) is 0 Å². The number of carbonyl (C=O) groups excluding carboxylic acids is 1. The molecule has 4 nitrogen and oxygen atoms in total. The lowest BCUT2D eigenvalue weighted by molar-refractivity contribution is 0.0912. The van der Waals surface area contributed by atoms with Crippen LogP contribution in [-0.2, 0) is 0 Å². The molecule has 0 spiro atoms. The van der Waals surface area contributed by atoms with Crippen molar-refractivity contribution in [2.45, 2.75) is 52.5 Å². The van der Waals surface area contributed by atoms with Crippen molar-refractivity contribution in [1.29, 1.82) is 0 Å². The van der Waals surface area contributed by atoms with E-state index in [9.17, 15) is 4.79 Å². The van der Waals surface area contributed by atoms with E-state index >= 15 is 0 Å². The molecule has 1 aliphatic heterocycles. The number of benzene rings is 1. The second-order valence-electron chi connectivity index (χ2n) is 7.27. The van der Waals surface area contributed by atoms with Gasteiger partial charge in [0.1, 0.15) is 0 Å². The number of aromatic nitrogens is 1. The molecule has 0 radical (unpaired) electrons. The maximum Gasteiger partial charge on any atom is 0.252 e. The molecule has 1 aliphatic rings. The number of carbonyl (C=O) groups is 1. The minimum atomic E-state index is 0.0353. The van der Waals surface area contributed by atoms with E-state index < -0.39 is 0 Å². The number of pyridine rings is 1. The third-order valence-electron chi connectivity index (χ3n) is 5.09. The number of hydrogen-bond donors (Lipinski definition) is 1. The van der Waals surface area contributed by atoms with Gasteiger partial charge in [-0.2, -0.15) is 0 Å². The second-order valence-corrected chi connectivity index (χ2v) is 7.27. The smallest absolute Gasteiger partial charge is 0.252 e. The zero-order chi connectivity index (χ0) is 17.8. The highest BCUT2D eigenvalue weighted by atomic mass is 16.1. The molecule has 0 saturated carbocycles. The molecule has 1 saturated heterocycles. The van der Waals surface area contributed by atoms with E-state index in [2.05, 4.69) is 28.2 Å². The molecule has 1 aromatic heterocycles. The number of likely N-dealkylation sites (tertiary alicyclic amines) is 1. The summed E-state index contributed by atoms with van der Waals surface area (Å²) in [7, 11) is 0. The van der Waals surface area contributed by atoms with Crippen molar-refractivity contribution in [3.05, 3.63) is 41.1 Å². The summed E-state index contributed by atoms with van der Waals surface area (Å²) in [6, 6.07) is 8.29. The van der Waals surface area contributed by atoms with Crippen LogP contribution in [0.25, 0.3) is 10.9 Å². The monoisotopic (exact) mass is 339 g/mol. The molecule has 0 unspecified atom stereocenters. The highest BCUT2D eigenvalue weighted by Gasteiger charge is 2.22. The summed E-state index contributed by atoms with van der Waals surface area (Å²) in [6.45, 7) is 9.58. The quantitative estimate of drug-likeness (QED) is 0.900. The van der Waals surface area contributed by atoms with Gasteiger partial charge in [0.05, 0.1) is 11.1 Å². The van der Waals surface area contributed by atoms with Crippen molar-refractivity contribution in [2.75, 3.05) is 19.6 Å². The first kappa shape index (κ1) is 17.9. The van der Waals surface area contributed by atoms with Crippen molar-refractivity contribution >= 4 is 16.8 Å². The summed E-state index contributed by atoms with van der Waals surface area (Å²) in [5.41, 5.74) is 3.68. The summed E-state index contributed by atoms with van der Waals surface area (Å²) in [6.07, 6.45) is 4.58. The number of fused-ring (bicyclic) bond motifs is 1. The van der Waals surface area contributed by atoms with E-state index in [1.807, 2.05) is 32.0 Å². The lowest BCUT2D eigenvalue weighted by Gasteiger charge is -2.32. The first-order valence-electron chi connectivity index (χ1n) is 9.48. The van der Waals surface area contributed by atoms with Crippen LogP contribution >= 0.6 is 0 Å². The third kappa shape index (κ3) is 4.37. The molecule has 1 aromatic carbocycles. The third-order valence-corrected chi connectivity index (χ3v) is 5.09. The van der Waals surface area contributed by atoms with Gasteiger partial charge in [0, 0.05) is 30.2 Å². The van der Waals surface area contributed by atoms with Gasteiger partial charge < -0.3 is 10.2 Å². The topological polar surface area (TPSA) is 45.2 Å². The van der Waals surface area contributed by atoms with Gasteiger partial charge in [-0.3, -0.25) is 9.78 Å². The van der Waals surface area contributed by atoms with Gasteiger partial charge in [0.25, 0.3) is 5.91 Å². The fourth-order valence-corrected chi connectivity index (χ4v) is 3.61. The first-order valence-corrected chi connectivity index (χ1v) is 9.48. The number of rotatable bonds is 5. The van der Waals surface area contributed by atoms with E-state index in [0.29, 0.717) is 0 Å². The van der Waals surface area contributed by atoms with E-state index in [1.54, 1.807) is 0 Å². The standard InChI is InChI=1S/C21H29N3O/c1-4-5-10-24-11-8-17(9-12-24)23-21(25)19-14-16(3)22-20-7-6-15(2)13-18(19)20/h6-7,13-14,17H,4-5,8-12H2,1-3H3,(H,23,25). The Balaban J connectivity index is 1.70. The minimum absolute atomic E-state index is 0.0353. The fraction of sp³-hybridized carbons (Fsp3) is 0.524. The molecule has 1 N–H and O–H groups in total. The van der Waals surface area contributed by atoms with E-state index in [1.165, 1.54) is 19.4 Å². The molecule has 0 atom stereocenters. The Morgan fingerprint density at radius 3 is 2.72 bits per heavy atom. The predicted molar refractivity (Wildman–Crippen MR) is 103 cm³/mol. The Bertz CT molecular complexity index is 748. The van der Waals surface area contributed by atoms with Crippen LogP contribution < -0.4 is 5.32 Å². The number of nitrogens with one attached hydrogen (secondary N) is 1. The van der Waals surface area contributed by atoms with Crippen LogP contribution in [0.2, 0.25) is 0 Å². The number of unbranched alkanes of at least 4 members (excludes halogenated alkanes) is 1. The normalized spacial score (nSPS) is 16.3. The fourth-order valence-electron chi connectivity index (χ4n) is 3.61. The van der Waals surface area contributed by atoms with Gasteiger partial charge in [0.2, 0.25) is 0 Å². The molecular weight excluding hydrogens is 310 g/mol. The Morgan fingerprint density at radius 2 is 2.00 bits per heavy atom. The van der Waals surface area contributed by atoms with E-state index in [4.69, 9.17) is 0 Å². The van der Waals surface area contributed by atoms with Gasteiger partial charge in [-0.05, 0) is 57.9 Å². The number of hydrogen-bond acceptors (Lipinski definition) is 3. The molecule has 1 amide bonds. The van der Waals surface area contributed by atoms with Crippen LogP contribution in [0.3, 0.4) is 0 Å². The summed E-state index contributed by atoms with van der Waals surface area (Å²) < 4.78 is 0. The van der Waals surface area contributed by atoms with Gasteiger partial charge in [-0.15, -0.1) is 0 Å². The molecule has 2 heterocycles. The molecule has 25 heavy (non-hydrogen) atoms. The first-order chi connectivity index (χ1) is 12.1. The zero-order valence-corrected chi connectivity index (χ0v) is 15.6. The van der Waals surface area contributed by atoms with Crippen LogP contribution in [0, 0.1) is 13.8 Å². The Labute approximate surface area is 150 Å². The Kier molecular flexibility index (Phi) is 5.69. The highest BCUT2D eigenvalue weighted by Crippen LogP contribution is 2.21. The number of amides is 1. The SMILES string of the molecule is CCCCN1CCC(NC(=O)c2cc(C)nc3ccc(C)cc23)CC1. The van der Waals surface area contributed by atoms with Gasteiger partial charge in [-0.25, -0.2) is 0 Å². The minimum Gasteiger partial charge on any atom is -0.349 e. The van der Waals surface area contributed by atoms with Gasteiger partial charge >= 0.3 is 0 Å². The van der Waals surface area contributed by atoms with Crippen molar-refractivity contribution < 1.29 is 4.79 Å². The lowest BCUT2D eigenvalue weighted by atomic mass is 10.0. The molecule has 0 aliphatic carbocycles. The second kappa shape index (κ2) is 7.96. The maximum absolute atomic E-state index is 12.9. The van der Waals surface area contributed by atoms with Crippen LogP contribution in [0.4, 0.5) is 0 Å². The molecule has 134 valence electrons. The predicted octanol–water partition coefficient (Wildman–Crippen LogP) is 3.85. The molecule has 1 fully saturated rings.